The zero-order valence-corrected chi connectivity index (χ0v) is 14.3. The Labute approximate surface area is 148 Å². The minimum Gasteiger partial charge on any atom is -0.486 e. The molecule has 0 aliphatic heterocycles. The van der Waals surface area contributed by atoms with Crippen molar-refractivity contribution in [1.82, 2.24) is 10.1 Å². The fourth-order valence-electron chi connectivity index (χ4n) is 2.01. The van der Waals surface area contributed by atoms with E-state index in [1.807, 2.05) is 13.8 Å². The second kappa shape index (κ2) is 7.81. The van der Waals surface area contributed by atoms with Crippen LogP contribution in [0, 0.1) is 5.82 Å². The van der Waals surface area contributed by atoms with E-state index in [1.165, 1.54) is 30.3 Å². The van der Waals surface area contributed by atoms with Crippen LogP contribution < -0.4 is 4.74 Å². The number of hydrogen-bond acceptors (Lipinski definition) is 7. The minimum absolute atomic E-state index is 0.0336. The van der Waals surface area contributed by atoms with Gasteiger partial charge in [0.05, 0.1) is 0 Å². The van der Waals surface area contributed by atoms with Gasteiger partial charge in [0.15, 0.2) is 12.4 Å². The monoisotopic (exact) mass is 360 g/mol. The molecule has 0 unspecified atom stereocenters. The third-order valence-electron chi connectivity index (χ3n) is 3.38. The number of furan rings is 1. The van der Waals surface area contributed by atoms with Gasteiger partial charge in [-0.05, 0) is 36.4 Å². The number of hydrogen-bond donors (Lipinski definition) is 0. The van der Waals surface area contributed by atoms with Crippen molar-refractivity contribution in [2.24, 2.45) is 0 Å². The van der Waals surface area contributed by atoms with Crippen molar-refractivity contribution in [2.75, 3.05) is 0 Å². The highest BCUT2D eigenvalue weighted by molar-refractivity contribution is 5.86. The molecule has 1 aromatic carbocycles. The topological polar surface area (TPSA) is 87.6 Å². The van der Waals surface area contributed by atoms with Gasteiger partial charge in [-0.15, -0.1) is 0 Å². The molecule has 0 aliphatic carbocycles. The van der Waals surface area contributed by atoms with Gasteiger partial charge in [0.2, 0.25) is 5.76 Å². The molecule has 0 amide bonds. The molecule has 0 N–H and O–H groups in total. The standard InChI is InChI=1S/C18H17FN2O5/c1-11(2)17-20-16(26-21-17)10-24-18(22)15-8-7-14(25-15)9-23-13-5-3-12(19)4-6-13/h3-8,11H,9-10H2,1-2H3. The quantitative estimate of drug-likeness (QED) is 0.591. The first-order valence-corrected chi connectivity index (χ1v) is 7.98. The van der Waals surface area contributed by atoms with Crippen LogP contribution in [0.5, 0.6) is 5.75 Å². The Hall–Kier alpha value is -3.16. The van der Waals surface area contributed by atoms with Crippen molar-refractivity contribution in [3.8, 4) is 5.75 Å². The maximum absolute atomic E-state index is 12.8. The Kier molecular flexibility index (Phi) is 5.31. The summed E-state index contributed by atoms with van der Waals surface area (Å²) in [5.74, 6) is 0.848. The van der Waals surface area contributed by atoms with Crippen LogP contribution in [0.2, 0.25) is 0 Å². The van der Waals surface area contributed by atoms with Gasteiger partial charge < -0.3 is 18.4 Å². The average Bonchev–Trinajstić information content (AvgIpc) is 3.29. The summed E-state index contributed by atoms with van der Waals surface area (Å²) in [6, 6.07) is 8.68. The lowest BCUT2D eigenvalue weighted by Crippen LogP contribution is -2.04. The minimum atomic E-state index is -0.651. The zero-order valence-electron chi connectivity index (χ0n) is 14.3. The Morgan fingerprint density at radius 1 is 1.15 bits per heavy atom. The van der Waals surface area contributed by atoms with Crippen LogP contribution >= 0.6 is 0 Å². The number of carbonyl (C=O) groups is 1. The Morgan fingerprint density at radius 2 is 1.92 bits per heavy atom. The molecular weight excluding hydrogens is 343 g/mol. The summed E-state index contributed by atoms with van der Waals surface area (Å²) in [6.45, 7) is 3.82. The zero-order chi connectivity index (χ0) is 18.5. The molecule has 3 aromatic rings. The van der Waals surface area contributed by atoms with Crippen LogP contribution in [0.3, 0.4) is 0 Å². The van der Waals surface area contributed by atoms with Crippen LogP contribution in [0.25, 0.3) is 0 Å². The molecule has 26 heavy (non-hydrogen) atoms. The third kappa shape index (κ3) is 4.47. The molecule has 0 saturated carbocycles. The van der Waals surface area contributed by atoms with E-state index in [1.54, 1.807) is 6.07 Å². The van der Waals surface area contributed by atoms with E-state index in [2.05, 4.69) is 10.1 Å². The first-order valence-electron chi connectivity index (χ1n) is 7.98. The number of aromatic nitrogens is 2. The predicted octanol–water partition coefficient (Wildman–Crippen LogP) is 3.86. The van der Waals surface area contributed by atoms with Crippen molar-refractivity contribution < 1.29 is 27.6 Å². The molecule has 0 atom stereocenters. The fourth-order valence-corrected chi connectivity index (χ4v) is 2.01. The molecule has 0 saturated heterocycles. The largest absolute Gasteiger partial charge is 0.486 e. The van der Waals surface area contributed by atoms with E-state index in [4.69, 9.17) is 18.4 Å². The van der Waals surface area contributed by atoms with Crippen molar-refractivity contribution in [3.63, 3.8) is 0 Å². The molecule has 7 nitrogen and oxygen atoms in total. The molecule has 3 rings (SSSR count). The number of nitrogens with zero attached hydrogens (tertiary/aromatic N) is 2. The number of esters is 1. The van der Waals surface area contributed by atoms with Gasteiger partial charge in [0, 0.05) is 5.92 Å². The van der Waals surface area contributed by atoms with E-state index in [9.17, 15) is 9.18 Å². The van der Waals surface area contributed by atoms with Gasteiger partial charge in [-0.25, -0.2) is 9.18 Å². The normalized spacial score (nSPS) is 10.9. The maximum Gasteiger partial charge on any atom is 0.374 e. The molecular formula is C18H17FN2O5. The van der Waals surface area contributed by atoms with Crippen LogP contribution in [0.4, 0.5) is 4.39 Å². The molecule has 0 spiro atoms. The van der Waals surface area contributed by atoms with Crippen LogP contribution in [-0.2, 0) is 18.0 Å². The lowest BCUT2D eigenvalue weighted by atomic mass is 10.2. The van der Waals surface area contributed by atoms with Gasteiger partial charge in [-0.3, -0.25) is 0 Å². The number of halogens is 1. The first-order chi connectivity index (χ1) is 12.5. The molecule has 0 fully saturated rings. The SMILES string of the molecule is CC(C)c1noc(COC(=O)c2ccc(COc3ccc(F)cc3)o2)n1. The number of ether oxygens (including phenoxy) is 2. The van der Waals surface area contributed by atoms with Crippen molar-refractivity contribution in [1.29, 1.82) is 0 Å². The highest BCUT2D eigenvalue weighted by Gasteiger charge is 2.16. The summed E-state index contributed by atoms with van der Waals surface area (Å²) in [7, 11) is 0. The maximum atomic E-state index is 12.8. The van der Waals surface area contributed by atoms with E-state index >= 15 is 0 Å². The van der Waals surface area contributed by atoms with Crippen LogP contribution in [0.15, 0.2) is 45.3 Å². The Balaban J connectivity index is 1.51. The molecule has 0 bridgehead atoms. The molecule has 8 heteroatoms. The third-order valence-corrected chi connectivity index (χ3v) is 3.38. The fraction of sp³-hybridized carbons (Fsp3) is 0.278. The smallest absolute Gasteiger partial charge is 0.374 e. The first kappa shape index (κ1) is 17.7. The predicted molar refractivity (Wildman–Crippen MR) is 86.9 cm³/mol. The van der Waals surface area contributed by atoms with Crippen molar-refractivity contribution >= 4 is 5.97 Å². The van der Waals surface area contributed by atoms with Gasteiger partial charge >= 0.3 is 5.97 Å². The Bertz CT molecular complexity index is 870. The second-order valence-electron chi connectivity index (χ2n) is 5.79. The van der Waals surface area contributed by atoms with E-state index < -0.39 is 5.97 Å². The highest BCUT2D eigenvalue weighted by atomic mass is 19.1. The van der Waals surface area contributed by atoms with Gasteiger partial charge in [-0.1, -0.05) is 19.0 Å². The molecule has 0 aliphatic rings. The van der Waals surface area contributed by atoms with Gasteiger partial charge in [0.25, 0.3) is 5.89 Å². The average molecular weight is 360 g/mol. The summed E-state index contributed by atoms with van der Waals surface area (Å²) < 4.78 is 33.8. The van der Waals surface area contributed by atoms with Gasteiger partial charge in [0.1, 0.15) is 23.9 Å². The van der Waals surface area contributed by atoms with E-state index in [0.717, 1.165) is 0 Å². The number of rotatable bonds is 7. The summed E-state index contributed by atoms with van der Waals surface area (Å²) >= 11 is 0. The van der Waals surface area contributed by atoms with Crippen LogP contribution in [0.1, 0.15) is 47.8 Å². The van der Waals surface area contributed by atoms with E-state index in [0.29, 0.717) is 17.3 Å². The van der Waals surface area contributed by atoms with Crippen molar-refractivity contribution in [3.05, 3.63) is 65.5 Å². The summed E-state index contributed by atoms with van der Waals surface area (Å²) in [6.07, 6.45) is 0. The lowest BCUT2D eigenvalue weighted by molar-refractivity contribution is 0.0390. The second-order valence-corrected chi connectivity index (χ2v) is 5.79. The molecule has 0 radical (unpaired) electrons. The summed E-state index contributed by atoms with van der Waals surface area (Å²) in [5.41, 5.74) is 0. The van der Waals surface area contributed by atoms with Gasteiger partial charge in [-0.2, -0.15) is 4.98 Å². The molecule has 2 heterocycles. The number of benzene rings is 1. The van der Waals surface area contributed by atoms with Crippen molar-refractivity contribution in [2.45, 2.75) is 33.0 Å². The molecule has 136 valence electrons. The Morgan fingerprint density at radius 3 is 2.62 bits per heavy atom. The van der Waals surface area contributed by atoms with E-state index in [-0.39, 0.29) is 36.6 Å². The summed E-state index contributed by atoms with van der Waals surface area (Å²) in [4.78, 5) is 16.1. The highest BCUT2D eigenvalue weighted by Crippen LogP contribution is 2.16. The summed E-state index contributed by atoms with van der Waals surface area (Å²) in [5, 5.41) is 3.79. The van der Waals surface area contributed by atoms with Crippen LogP contribution in [-0.4, -0.2) is 16.1 Å². The number of carbonyl (C=O) groups excluding carboxylic acids is 1. The lowest BCUT2D eigenvalue weighted by Gasteiger charge is -2.03. The molecule has 2 aromatic heterocycles.